The molecule has 0 aliphatic heterocycles. The second-order valence-corrected chi connectivity index (χ2v) is 3.79. The van der Waals surface area contributed by atoms with Gasteiger partial charge < -0.3 is 10.0 Å². The van der Waals surface area contributed by atoms with Crippen LogP contribution in [0.2, 0.25) is 0 Å². The molecule has 0 aliphatic carbocycles. The van der Waals surface area contributed by atoms with Crippen molar-refractivity contribution in [2.24, 2.45) is 0 Å². The van der Waals surface area contributed by atoms with Gasteiger partial charge in [-0.15, -0.1) is 0 Å². The molecule has 0 bridgehead atoms. The van der Waals surface area contributed by atoms with Crippen LogP contribution in [0.4, 0.5) is 0 Å². The molecule has 4 heteroatoms. The molecular formula is C10H15NO2S. The zero-order valence-electron chi connectivity index (χ0n) is 8.27. The van der Waals surface area contributed by atoms with Crippen LogP contribution in [0.3, 0.4) is 0 Å². The number of carbonyl (C=O) groups is 1. The molecule has 1 heterocycles. The van der Waals surface area contributed by atoms with Gasteiger partial charge in [0, 0.05) is 13.1 Å². The normalized spacial score (nSPS) is 10.1. The van der Waals surface area contributed by atoms with E-state index in [-0.39, 0.29) is 12.5 Å². The molecule has 78 valence electrons. The Morgan fingerprint density at radius 3 is 2.93 bits per heavy atom. The van der Waals surface area contributed by atoms with E-state index in [4.69, 9.17) is 5.11 Å². The Bertz CT molecular complexity index is 272. The van der Waals surface area contributed by atoms with E-state index in [1.807, 2.05) is 23.8 Å². The predicted molar refractivity (Wildman–Crippen MR) is 57.4 cm³/mol. The number of aliphatic hydroxyl groups is 1. The third-order valence-electron chi connectivity index (χ3n) is 2.04. The van der Waals surface area contributed by atoms with Gasteiger partial charge in [0.05, 0.1) is 13.0 Å². The number of nitrogens with zero attached hydrogens (tertiary/aromatic N) is 1. The fourth-order valence-electron chi connectivity index (χ4n) is 1.26. The van der Waals surface area contributed by atoms with Gasteiger partial charge in [-0.1, -0.05) is 0 Å². The summed E-state index contributed by atoms with van der Waals surface area (Å²) in [6.07, 6.45) is 0.442. The summed E-state index contributed by atoms with van der Waals surface area (Å²) >= 11 is 1.59. The number of hydrogen-bond donors (Lipinski definition) is 1. The molecule has 1 N–H and O–H groups in total. The monoisotopic (exact) mass is 213 g/mol. The van der Waals surface area contributed by atoms with Gasteiger partial charge in [-0.3, -0.25) is 4.79 Å². The maximum absolute atomic E-state index is 11.7. The minimum absolute atomic E-state index is 0.0310. The van der Waals surface area contributed by atoms with Crippen molar-refractivity contribution < 1.29 is 9.90 Å². The van der Waals surface area contributed by atoms with E-state index in [1.165, 1.54) is 0 Å². The van der Waals surface area contributed by atoms with Crippen molar-refractivity contribution in [1.82, 2.24) is 4.90 Å². The Labute approximate surface area is 88.0 Å². The number of rotatable bonds is 5. The van der Waals surface area contributed by atoms with E-state index in [9.17, 15) is 4.79 Å². The second kappa shape index (κ2) is 5.78. The Morgan fingerprint density at radius 2 is 2.43 bits per heavy atom. The number of hydrogen-bond acceptors (Lipinski definition) is 3. The highest BCUT2D eigenvalue weighted by atomic mass is 32.1. The lowest BCUT2D eigenvalue weighted by atomic mass is 10.2. The minimum Gasteiger partial charge on any atom is -0.395 e. The molecule has 0 spiro atoms. The molecule has 1 aromatic heterocycles. The van der Waals surface area contributed by atoms with Gasteiger partial charge in [-0.25, -0.2) is 0 Å². The smallest absolute Gasteiger partial charge is 0.227 e. The van der Waals surface area contributed by atoms with Crippen molar-refractivity contribution in [2.45, 2.75) is 13.3 Å². The van der Waals surface area contributed by atoms with E-state index in [2.05, 4.69) is 0 Å². The molecule has 0 saturated carbocycles. The highest BCUT2D eigenvalue weighted by Gasteiger charge is 2.11. The molecule has 0 radical (unpaired) electrons. The van der Waals surface area contributed by atoms with Crippen LogP contribution in [0.1, 0.15) is 12.5 Å². The summed E-state index contributed by atoms with van der Waals surface area (Å²) in [7, 11) is 0. The Balaban J connectivity index is 2.47. The lowest BCUT2D eigenvalue weighted by Gasteiger charge is -2.19. The highest BCUT2D eigenvalue weighted by Crippen LogP contribution is 2.08. The van der Waals surface area contributed by atoms with E-state index >= 15 is 0 Å². The van der Waals surface area contributed by atoms with Gasteiger partial charge in [0.25, 0.3) is 0 Å². The van der Waals surface area contributed by atoms with Crippen molar-refractivity contribution in [3.63, 3.8) is 0 Å². The molecule has 1 amide bonds. The molecule has 0 aliphatic rings. The highest BCUT2D eigenvalue weighted by molar-refractivity contribution is 7.07. The zero-order chi connectivity index (χ0) is 10.4. The Hall–Kier alpha value is -0.870. The summed E-state index contributed by atoms with van der Waals surface area (Å²) in [5, 5.41) is 12.7. The summed E-state index contributed by atoms with van der Waals surface area (Å²) in [6.45, 7) is 3.04. The molecule has 0 aromatic carbocycles. The molecule has 14 heavy (non-hydrogen) atoms. The first kappa shape index (κ1) is 11.2. The fraction of sp³-hybridized carbons (Fsp3) is 0.500. The van der Waals surface area contributed by atoms with Gasteiger partial charge in [0.15, 0.2) is 0 Å². The topological polar surface area (TPSA) is 40.5 Å². The first-order valence-corrected chi connectivity index (χ1v) is 5.62. The third kappa shape index (κ3) is 3.12. The fourth-order valence-corrected chi connectivity index (χ4v) is 1.93. The molecule has 3 nitrogen and oxygen atoms in total. The maximum Gasteiger partial charge on any atom is 0.227 e. The SMILES string of the molecule is CCN(CCO)C(=O)Cc1ccsc1. The van der Waals surface area contributed by atoms with Gasteiger partial charge in [0.2, 0.25) is 5.91 Å². The summed E-state index contributed by atoms with van der Waals surface area (Å²) < 4.78 is 0. The predicted octanol–water partition coefficient (Wildman–Crippen LogP) is 1.13. The quantitative estimate of drug-likeness (QED) is 0.796. The first-order valence-electron chi connectivity index (χ1n) is 4.67. The molecule has 1 aromatic rings. The number of carbonyl (C=O) groups excluding carboxylic acids is 1. The van der Waals surface area contributed by atoms with Crippen LogP contribution in [0.5, 0.6) is 0 Å². The average Bonchev–Trinajstić information content (AvgIpc) is 2.66. The molecule has 0 saturated heterocycles. The summed E-state index contributed by atoms with van der Waals surface area (Å²) in [6, 6.07) is 1.95. The van der Waals surface area contributed by atoms with Crippen molar-refractivity contribution in [1.29, 1.82) is 0 Å². The zero-order valence-corrected chi connectivity index (χ0v) is 9.09. The van der Waals surface area contributed by atoms with Crippen LogP contribution >= 0.6 is 11.3 Å². The average molecular weight is 213 g/mol. The molecule has 1 rings (SSSR count). The minimum atomic E-state index is 0.0310. The van der Waals surface area contributed by atoms with E-state index in [0.717, 1.165) is 5.56 Å². The summed E-state index contributed by atoms with van der Waals surface area (Å²) in [4.78, 5) is 13.3. The summed E-state index contributed by atoms with van der Waals surface area (Å²) in [5.41, 5.74) is 1.05. The van der Waals surface area contributed by atoms with Gasteiger partial charge in [-0.2, -0.15) is 11.3 Å². The van der Waals surface area contributed by atoms with Crippen molar-refractivity contribution in [3.05, 3.63) is 22.4 Å². The first-order chi connectivity index (χ1) is 6.77. The van der Waals surface area contributed by atoms with E-state index in [1.54, 1.807) is 16.2 Å². The number of aliphatic hydroxyl groups excluding tert-OH is 1. The van der Waals surface area contributed by atoms with Crippen molar-refractivity contribution in [3.8, 4) is 0 Å². The van der Waals surface area contributed by atoms with Crippen LogP contribution in [0.25, 0.3) is 0 Å². The third-order valence-corrected chi connectivity index (χ3v) is 2.77. The molecule has 0 fully saturated rings. The van der Waals surface area contributed by atoms with Gasteiger partial charge >= 0.3 is 0 Å². The number of thiophene rings is 1. The lowest BCUT2D eigenvalue weighted by Crippen LogP contribution is -2.34. The second-order valence-electron chi connectivity index (χ2n) is 3.01. The molecule has 0 atom stereocenters. The van der Waals surface area contributed by atoms with Crippen LogP contribution in [-0.2, 0) is 11.2 Å². The lowest BCUT2D eigenvalue weighted by molar-refractivity contribution is -0.130. The van der Waals surface area contributed by atoms with Crippen molar-refractivity contribution >= 4 is 17.2 Å². The standard InChI is InChI=1S/C10H15NO2S/c1-2-11(4-5-12)10(13)7-9-3-6-14-8-9/h3,6,8,12H,2,4-5,7H2,1H3. The Morgan fingerprint density at radius 1 is 1.64 bits per heavy atom. The van der Waals surface area contributed by atoms with Crippen LogP contribution < -0.4 is 0 Å². The number of likely N-dealkylation sites (N-methyl/N-ethyl adjacent to an activating group) is 1. The van der Waals surface area contributed by atoms with Crippen molar-refractivity contribution in [2.75, 3.05) is 19.7 Å². The largest absolute Gasteiger partial charge is 0.395 e. The van der Waals surface area contributed by atoms with Gasteiger partial charge in [-0.05, 0) is 29.3 Å². The van der Waals surface area contributed by atoms with Crippen LogP contribution in [0.15, 0.2) is 16.8 Å². The summed E-state index contributed by atoms with van der Waals surface area (Å²) in [5.74, 6) is 0.0833. The van der Waals surface area contributed by atoms with Gasteiger partial charge in [0.1, 0.15) is 0 Å². The van der Waals surface area contributed by atoms with E-state index in [0.29, 0.717) is 19.5 Å². The maximum atomic E-state index is 11.7. The Kier molecular flexibility index (Phi) is 4.62. The number of amides is 1. The van der Waals surface area contributed by atoms with E-state index < -0.39 is 0 Å². The molecule has 0 unspecified atom stereocenters. The van der Waals surface area contributed by atoms with Crippen LogP contribution in [0, 0.1) is 0 Å². The molecular weight excluding hydrogens is 198 g/mol. The van der Waals surface area contributed by atoms with Crippen LogP contribution in [-0.4, -0.2) is 35.6 Å².